The van der Waals surface area contributed by atoms with E-state index >= 15 is 0 Å². The molecule has 0 atom stereocenters. The van der Waals surface area contributed by atoms with Crippen molar-refractivity contribution in [2.75, 3.05) is 13.1 Å². The predicted molar refractivity (Wildman–Crippen MR) is 98.3 cm³/mol. The molecule has 27 heavy (non-hydrogen) atoms. The molecule has 4 rings (SSSR count). The number of aromatic nitrogens is 3. The zero-order valence-corrected chi connectivity index (χ0v) is 16.0. The SMILES string of the molecule is Cn1nc(C2CCN(S(=O)(=O)Cc3ccc(F)cc3)CC2)n(C2CC2)c1=O. The topological polar surface area (TPSA) is 77.2 Å². The summed E-state index contributed by atoms with van der Waals surface area (Å²) in [4.78, 5) is 12.3. The Balaban J connectivity index is 1.45. The summed E-state index contributed by atoms with van der Waals surface area (Å²) in [7, 11) is -1.80. The number of halogens is 1. The van der Waals surface area contributed by atoms with Gasteiger partial charge >= 0.3 is 5.69 Å². The maximum Gasteiger partial charge on any atom is 0.345 e. The van der Waals surface area contributed by atoms with Crippen LogP contribution in [0.25, 0.3) is 0 Å². The summed E-state index contributed by atoms with van der Waals surface area (Å²) in [6, 6.07) is 5.80. The van der Waals surface area contributed by atoms with E-state index < -0.39 is 10.0 Å². The van der Waals surface area contributed by atoms with Gasteiger partial charge in [0.15, 0.2) is 0 Å². The summed E-state index contributed by atoms with van der Waals surface area (Å²) in [5.74, 6) is 0.375. The summed E-state index contributed by atoms with van der Waals surface area (Å²) < 4.78 is 43.1. The van der Waals surface area contributed by atoms with Gasteiger partial charge < -0.3 is 0 Å². The van der Waals surface area contributed by atoms with Gasteiger partial charge in [-0.15, -0.1) is 0 Å². The van der Waals surface area contributed by atoms with E-state index in [4.69, 9.17) is 0 Å². The highest BCUT2D eigenvalue weighted by Gasteiger charge is 2.35. The maximum atomic E-state index is 13.0. The van der Waals surface area contributed by atoms with Gasteiger partial charge in [0.1, 0.15) is 11.6 Å². The second-order valence-electron chi connectivity index (χ2n) is 7.42. The van der Waals surface area contributed by atoms with Gasteiger partial charge in [0.05, 0.1) is 5.75 Å². The van der Waals surface area contributed by atoms with Gasteiger partial charge in [0, 0.05) is 32.1 Å². The molecule has 7 nitrogen and oxygen atoms in total. The number of piperidine rings is 1. The number of benzene rings is 1. The average Bonchev–Trinajstić information content (AvgIpc) is 3.43. The summed E-state index contributed by atoms with van der Waals surface area (Å²) in [5.41, 5.74) is 0.490. The first-order valence-corrected chi connectivity index (χ1v) is 10.8. The highest BCUT2D eigenvalue weighted by Crippen LogP contribution is 2.37. The Hall–Kier alpha value is -2.00. The van der Waals surface area contributed by atoms with Gasteiger partial charge in [-0.3, -0.25) is 4.57 Å². The molecular formula is C18H23FN4O3S. The van der Waals surface area contributed by atoms with E-state index in [2.05, 4.69) is 5.10 Å². The third-order valence-electron chi connectivity index (χ3n) is 5.37. The van der Waals surface area contributed by atoms with Crippen LogP contribution in [0, 0.1) is 5.82 Å². The van der Waals surface area contributed by atoms with Crippen LogP contribution >= 0.6 is 0 Å². The van der Waals surface area contributed by atoms with Gasteiger partial charge in [-0.2, -0.15) is 5.10 Å². The summed E-state index contributed by atoms with van der Waals surface area (Å²) in [6.07, 6.45) is 3.30. The standard InChI is InChI=1S/C18H23FN4O3S/c1-21-18(24)23(16-6-7-16)17(20-21)14-8-10-22(11-9-14)27(25,26)12-13-2-4-15(19)5-3-13/h2-5,14,16H,6-12H2,1H3. The zero-order valence-electron chi connectivity index (χ0n) is 15.2. The average molecular weight is 394 g/mol. The third kappa shape index (κ3) is 3.70. The Bertz CT molecular complexity index is 985. The minimum atomic E-state index is -3.46. The summed E-state index contributed by atoms with van der Waals surface area (Å²) >= 11 is 0. The fourth-order valence-electron chi connectivity index (χ4n) is 3.73. The predicted octanol–water partition coefficient (Wildman–Crippen LogP) is 1.77. The first-order valence-electron chi connectivity index (χ1n) is 9.23. The van der Waals surface area contributed by atoms with Crippen molar-refractivity contribution >= 4 is 10.0 Å². The largest absolute Gasteiger partial charge is 0.345 e. The van der Waals surface area contributed by atoms with Crippen LogP contribution in [0.3, 0.4) is 0 Å². The number of sulfonamides is 1. The van der Waals surface area contributed by atoms with Crippen molar-refractivity contribution in [3.8, 4) is 0 Å². The minimum absolute atomic E-state index is 0.0844. The second kappa shape index (κ2) is 6.87. The van der Waals surface area contributed by atoms with Gasteiger partial charge in [0.2, 0.25) is 10.0 Å². The normalized spacial score (nSPS) is 19.5. The monoisotopic (exact) mass is 394 g/mol. The Morgan fingerprint density at radius 3 is 2.33 bits per heavy atom. The lowest BCUT2D eigenvalue weighted by molar-refractivity contribution is 0.308. The molecule has 146 valence electrons. The second-order valence-corrected chi connectivity index (χ2v) is 9.39. The highest BCUT2D eigenvalue weighted by molar-refractivity contribution is 7.88. The Labute approximate surface area is 157 Å². The molecule has 0 unspecified atom stereocenters. The number of hydrogen-bond acceptors (Lipinski definition) is 4. The van der Waals surface area contributed by atoms with Crippen LogP contribution in [0.15, 0.2) is 29.1 Å². The molecule has 2 aromatic rings. The molecule has 0 N–H and O–H groups in total. The Kier molecular flexibility index (Phi) is 4.67. The van der Waals surface area contributed by atoms with E-state index in [1.807, 2.05) is 0 Å². The lowest BCUT2D eigenvalue weighted by Crippen LogP contribution is -2.39. The van der Waals surface area contributed by atoms with Crippen molar-refractivity contribution in [1.82, 2.24) is 18.7 Å². The first-order chi connectivity index (χ1) is 12.8. The number of rotatable bonds is 5. The van der Waals surface area contributed by atoms with Crippen LogP contribution in [0.2, 0.25) is 0 Å². The van der Waals surface area contributed by atoms with Gasteiger partial charge in [-0.05, 0) is 43.4 Å². The van der Waals surface area contributed by atoms with E-state index in [1.165, 1.54) is 33.3 Å². The lowest BCUT2D eigenvalue weighted by Gasteiger charge is -2.30. The molecule has 1 aliphatic carbocycles. The van der Waals surface area contributed by atoms with Crippen molar-refractivity contribution in [1.29, 1.82) is 0 Å². The number of aryl methyl sites for hydroxylation is 1. The van der Waals surface area contributed by atoms with Gasteiger partial charge in [0.25, 0.3) is 0 Å². The Morgan fingerprint density at radius 1 is 1.11 bits per heavy atom. The van der Waals surface area contributed by atoms with Crippen molar-refractivity contribution < 1.29 is 12.8 Å². The smallest absolute Gasteiger partial charge is 0.276 e. The molecule has 0 spiro atoms. The molecule has 1 aromatic carbocycles. The van der Waals surface area contributed by atoms with Crippen LogP contribution in [-0.2, 0) is 22.8 Å². The molecule has 2 fully saturated rings. The number of nitrogens with zero attached hydrogens (tertiary/aromatic N) is 4. The van der Waals surface area contributed by atoms with Crippen LogP contribution in [0.5, 0.6) is 0 Å². The van der Waals surface area contributed by atoms with E-state index in [0.29, 0.717) is 31.5 Å². The lowest BCUT2D eigenvalue weighted by atomic mass is 9.97. The molecule has 1 aromatic heterocycles. The molecule has 0 bridgehead atoms. The molecule has 0 amide bonds. The molecule has 1 aliphatic heterocycles. The van der Waals surface area contributed by atoms with Crippen LogP contribution in [-0.4, -0.2) is 40.2 Å². The van der Waals surface area contributed by atoms with Crippen molar-refractivity contribution in [3.05, 3.63) is 52.0 Å². The van der Waals surface area contributed by atoms with E-state index in [0.717, 1.165) is 18.7 Å². The molecule has 0 radical (unpaired) electrons. The molecule has 9 heteroatoms. The van der Waals surface area contributed by atoms with E-state index in [9.17, 15) is 17.6 Å². The third-order valence-corrected chi connectivity index (χ3v) is 7.22. The molecular weight excluding hydrogens is 371 g/mol. The summed E-state index contributed by atoms with van der Waals surface area (Å²) in [5, 5.41) is 4.42. The van der Waals surface area contributed by atoms with E-state index in [1.54, 1.807) is 11.6 Å². The van der Waals surface area contributed by atoms with Crippen LogP contribution in [0.4, 0.5) is 4.39 Å². The first kappa shape index (κ1) is 18.4. The van der Waals surface area contributed by atoms with Crippen LogP contribution < -0.4 is 5.69 Å². The van der Waals surface area contributed by atoms with Gasteiger partial charge in [-0.1, -0.05) is 12.1 Å². The van der Waals surface area contributed by atoms with Crippen LogP contribution in [0.1, 0.15) is 49.0 Å². The molecule has 1 saturated heterocycles. The van der Waals surface area contributed by atoms with Crippen molar-refractivity contribution in [3.63, 3.8) is 0 Å². The quantitative estimate of drug-likeness (QED) is 0.774. The number of hydrogen-bond donors (Lipinski definition) is 0. The fraction of sp³-hybridized carbons (Fsp3) is 0.556. The zero-order chi connectivity index (χ0) is 19.2. The minimum Gasteiger partial charge on any atom is -0.276 e. The van der Waals surface area contributed by atoms with Gasteiger partial charge in [-0.25, -0.2) is 26.6 Å². The molecule has 1 saturated carbocycles. The Morgan fingerprint density at radius 2 is 1.74 bits per heavy atom. The van der Waals surface area contributed by atoms with E-state index in [-0.39, 0.29) is 29.2 Å². The fourth-order valence-corrected chi connectivity index (χ4v) is 5.29. The maximum absolute atomic E-state index is 13.0. The van der Waals surface area contributed by atoms with Crippen molar-refractivity contribution in [2.24, 2.45) is 7.05 Å². The summed E-state index contributed by atoms with van der Waals surface area (Å²) in [6.45, 7) is 0.813. The van der Waals surface area contributed by atoms with Crippen molar-refractivity contribution in [2.45, 2.75) is 43.4 Å². The molecule has 2 aliphatic rings. The molecule has 2 heterocycles. The highest BCUT2D eigenvalue weighted by atomic mass is 32.2.